The Morgan fingerprint density at radius 1 is 1.11 bits per heavy atom. The minimum absolute atomic E-state index is 0.0963. The van der Waals surface area contributed by atoms with Gasteiger partial charge in [-0.3, -0.25) is 0 Å². The van der Waals surface area contributed by atoms with Gasteiger partial charge in [-0.1, -0.05) is 24.5 Å². The van der Waals surface area contributed by atoms with Crippen LogP contribution in [0.1, 0.15) is 71.1 Å². The third-order valence-corrected chi connectivity index (χ3v) is 3.95. The molecule has 2 nitrogen and oxygen atoms in total. The largest absolute Gasteiger partial charge is 0.353 e. The van der Waals surface area contributed by atoms with Gasteiger partial charge in [0, 0.05) is 13.2 Å². The molecule has 2 rings (SSSR count). The first kappa shape index (κ1) is 14.1. The van der Waals surface area contributed by atoms with Crippen molar-refractivity contribution in [3.05, 3.63) is 11.1 Å². The Morgan fingerprint density at radius 2 is 1.94 bits per heavy atom. The van der Waals surface area contributed by atoms with Gasteiger partial charge in [0.25, 0.3) is 0 Å². The molecule has 1 atom stereocenters. The molecule has 1 heterocycles. The molecule has 1 aliphatic carbocycles. The van der Waals surface area contributed by atoms with E-state index in [2.05, 4.69) is 6.92 Å². The first-order valence-electron chi connectivity index (χ1n) is 7.83. The Balaban J connectivity index is 1.43. The zero-order valence-electron chi connectivity index (χ0n) is 11.9. The zero-order chi connectivity index (χ0) is 12.6. The highest BCUT2D eigenvalue weighted by Crippen LogP contribution is 2.38. The molecule has 1 saturated heterocycles. The molecule has 0 aromatic carbocycles. The third kappa shape index (κ3) is 5.11. The Kier molecular flexibility index (Phi) is 6.22. The van der Waals surface area contributed by atoms with Crippen LogP contribution in [0.25, 0.3) is 0 Å². The first-order chi connectivity index (χ1) is 8.90. The minimum atomic E-state index is 0.0963. The van der Waals surface area contributed by atoms with Gasteiger partial charge in [0.2, 0.25) is 0 Å². The predicted octanol–water partition coefficient (Wildman–Crippen LogP) is 4.59. The summed E-state index contributed by atoms with van der Waals surface area (Å²) in [7, 11) is 0. The molecule has 1 unspecified atom stereocenters. The molecule has 2 aliphatic rings. The molecule has 0 amide bonds. The van der Waals surface area contributed by atoms with Gasteiger partial charge in [0.15, 0.2) is 6.29 Å². The first-order valence-corrected chi connectivity index (χ1v) is 7.83. The van der Waals surface area contributed by atoms with E-state index >= 15 is 0 Å². The topological polar surface area (TPSA) is 18.5 Å². The molecule has 1 aliphatic heterocycles. The van der Waals surface area contributed by atoms with Crippen molar-refractivity contribution in [2.24, 2.45) is 0 Å². The highest BCUT2D eigenvalue weighted by molar-refractivity contribution is 5.34. The van der Waals surface area contributed by atoms with Gasteiger partial charge in [-0.25, -0.2) is 0 Å². The summed E-state index contributed by atoms with van der Waals surface area (Å²) in [4.78, 5) is 0. The van der Waals surface area contributed by atoms with Gasteiger partial charge in [-0.15, -0.1) is 0 Å². The van der Waals surface area contributed by atoms with E-state index in [1.165, 1.54) is 57.8 Å². The maximum atomic E-state index is 5.74. The molecule has 2 heteroatoms. The summed E-state index contributed by atoms with van der Waals surface area (Å²) < 4.78 is 11.3. The number of ether oxygens (including phenoxy) is 2. The highest BCUT2D eigenvalue weighted by atomic mass is 16.7. The van der Waals surface area contributed by atoms with Gasteiger partial charge < -0.3 is 9.47 Å². The van der Waals surface area contributed by atoms with Crippen LogP contribution < -0.4 is 0 Å². The van der Waals surface area contributed by atoms with Crippen molar-refractivity contribution < 1.29 is 9.47 Å². The van der Waals surface area contributed by atoms with Crippen molar-refractivity contribution in [3.8, 4) is 0 Å². The van der Waals surface area contributed by atoms with Crippen molar-refractivity contribution in [1.82, 2.24) is 0 Å². The summed E-state index contributed by atoms with van der Waals surface area (Å²) in [6.45, 7) is 4.04. The lowest BCUT2D eigenvalue weighted by atomic mass is 10.2. The van der Waals surface area contributed by atoms with Crippen molar-refractivity contribution >= 4 is 0 Å². The summed E-state index contributed by atoms with van der Waals surface area (Å²) in [5.41, 5.74) is 3.51. The average molecular weight is 252 g/mol. The van der Waals surface area contributed by atoms with Crippen molar-refractivity contribution in [2.45, 2.75) is 77.4 Å². The highest BCUT2D eigenvalue weighted by Gasteiger charge is 2.19. The molecule has 0 bridgehead atoms. The Hall–Kier alpha value is -0.340. The van der Waals surface area contributed by atoms with Gasteiger partial charge >= 0.3 is 0 Å². The van der Waals surface area contributed by atoms with E-state index in [9.17, 15) is 0 Å². The second kappa shape index (κ2) is 7.96. The molecule has 1 fully saturated rings. The van der Waals surface area contributed by atoms with E-state index in [4.69, 9.17) is 9.47 Å². The normalized spacial score (nSPS) is 23.5. The Bertz CT molecular complexity index is 264. The van der Waals surface area contributed by atoms with Crippen LogP contribution in [-0.2, 0) is 9.47 Å². The van der Waals surface area contributed by atoms with Gasteiger partial charge in [0.1, 0.15) is 0 Å². The molecule has 0 aromatic heterocycles. The average Bonchev–Trinajstić information content (AvgIpc) is 3.16. The maximum Gasteiger partial charge on any atom is 0.157 e. The van der Waals surface area contributed by atoms with E-state index in [-0.39, 0.29) is 6.29 Å². The van der Waals surface area contributed by atoms with E-state index < -0.39 is 0 Å². The molecule has 0 saturated carbocycles. The van der Waals surface area contributed by atoms with Crippen LogP contribution >= 0.6 is 0 Å². The number of rotatable bonds is 9. The molecular weight excluding hydrogens is 224 g/mol. The van der Waals surface area contributed by atoms with Crippen molar-refractivity contribution in [3.63, 3.8) is 0 Å². The lowest BCUT2D eigenvalue weighted by Gasteiger charge is -2.22. The van der Waals surface area contributed by atoms with Crippen LogP contribution in [0.5, 0.6) is 0 Å². The molecule has 0 aromatic rings. The Morgan fingerprint density at radius 3 is 2.67 bits per heavy atom. The fraction of sp³-hybridized carbons (Fsp3) is 0.875. The van der Waals surface area contributed by atoms with Gasteiger partial charge in [0.05, 0.1) is 0 Å². The number of allylic oxidation sites excluding steroid dienone is 2. The number of unbranched alkanes of at least 4 members (excludes halogenated alkanes) is 2. The smallest absolute Gasteiger partial charge is 0.157 e. The SMILES string of the molecule is CCCCC1=C(CCCCOC2CCCCO2)C1. The van der Waals surface area contributed by atoms with Crippen LogP contribution in [0.2, 0.25) is 0 Å². The van der Waals surface area contributed by atoms with Crippen molar-refractivity contribution in [1.29, 1.82) is 0 Å². The number of hydrogen-bond acceptors (Lipinski definition) is 2. The van der Waals surface area contributed by atoms with Crippen LogP contribution in [0.15, 0.2) is 11.1 Å². The van der Waals surface area contributed by atoms with Crippen LogP contribution in [-0.4, -0.2) is 19.5 Å². The van der Waals surface area contributed by atoms with Crippen LogP contribution in [0, 0.1) is 0 Å². The lowest BCUT2D eigenvalue weighted by molar-refractivity contribution is -0.162. The number of hydrogen-bond donors (Lipinski definition) is 0. The van der Waals surface area contributed by atoms with Gasteiger partial charge in [-0.05, 0) is 57.8 Å². The summed E-state index contributed by atoms with van der Waals surface area (Å²) in [6.07, 6.45) is 12.8. The summed E-state index contributed by atoms with van der Waals surface area (Å²) in [5, 5.41) is 0. The fourth-order valence-corrected chi connectivity index (χ4v) is 2.63. The summed E-state index contributed by atoms with van der Waals surface area (Å²) >= 11 is 0. The quantitative estimate of drug-likeness (QED) is 0.441. The molecule has 0 spiro atoms. The molecule has 0 radical (unpaired) electrons. The molecular formula is C16H28O2. The molecule has 18 heavy (non-hydrogen) atoms. The second-order valence-corrected chi connectivity index (χ2v) is 5.61. The predicted molar refractivity (Wildman–Crippen MR) is 74.6 cm³/mol. The van der Waals surface area contributed by atoms with Gasteiger partial charge in [-0.2, -0.15) is 0 Å². The van der Waals surface area contributed by atoms with Crippen LogP contribution in [0.3, 0.4) is 0 Å². The van der Waals surface area contributed by atoms with E-state index in [0.29, 0.717) is 0 Å². The lowest BCUT2D eigenvalue weighted by Crippen LogP contribution is -2.22. The Labute approximate surface area is 112 Å². The minimum Gasteiger partial charge on any atom is -0.353 e. The third-order valence-electron chi connectivity index (χ3n) is 3.95. The zero-order valence-corrected chi connectivity index (χ0v) is 11.9. The van der Waals surface area contributed by atoms with E-state index in [0.717, 1.165) is 19.6 Å². The summed E-state index contributed by atoms with van der Waals surface area (Å²) in [6, 6.07) is 0. The fourth-order valence-electron chi connectivity index (χ4n) is 2.63. The van der Waals surface area contributed by atoms with E-state index in [1.54, 1.807) is 11.1 Å². The maximum absolute atomic E-state index is 5.74. The van der Waals surface area contributed by atoms with E-state index in [1.807, 2.05) is 0 Å². The molecule has 104 valence electrons. The summed E-state index contributed by atoms with van der Waals surface area (Å²) in [5.74, 6) is 0. The van der Waals surface area contributed by atoms with Crippen LogP contribution in [0.4, 0.5) is 0 Å². The second-order valence-electron chi connectivity index (χ2n) is 5.61. The monoisotopic (exact) mass is 252 g/mol. The molecule has 0 N–H and O–H groups in total. The van der Waals surface area contributed by atoms with Crippen molar-refractivity contribution in [2.75, 3.05) is 13.2 Å². The standard InChI is InChI=1S/C16H28O2/c1-2-3-8-14-13-15(14)9-4-6-11-17-16-10-5-7-12-18-16/h16H,2-13H2,1H3.